The van der Waals surface area contributed by atoms with Gasteiger partial charge in [-0.1, -0.05) is 37.6 Å². The molecule has 0 radical (unpaired) electrons. The topological polar surface area (TPSA) is 82.2 Å². The predicted molar refractivity (Wildman–Crippen MR) is 162 cm³/mol. The molecule has 1 N–H and O–H groups in total. The second kappa shape index (κ2) is 14.2. The Morgan fingerprint density at radius 2 is 1.73 bits per heavy atom. The molecule has 2 fully saturated rings. The summed E-state index contributed by atoms with van der Waals surface area (Å²) < 4.78 is 46.8. The van der Waals surface area contributed by atoms with E-state index in [-0.39, 0.29) is 43.8 Å². The van der Waals surface area contributed by atoms with E-state index in [9.17, 15) is 27.6 Å². The molecule has 3 atom stereocenters. The van der Waals surface area contributed by atoms with Crippen molar-refractivity contribution in [1.29, 1.82) is 0 Å². The third-order valence-corrected chi connectivity index (χ3v) is 8.37. The predicted octanol–water partition coefficient (Wildman–Crippen LogP) is 5.12. The summed E-state index contributed by atoms with van der Waals surface area (Å²) in [7, 11) is 3.70. The van der Waals surface area contributed by atoms with Gasteiger partial charge in [0.25, 0.3) is 0 Å². The molecule has 4 rings (SSSR count). The Morgan fingerprint density at radius 1 is 1.07 bits per heavy atom. The summed E-state index contributed by atoms with van der Waals surface area (Å²) in [4.78, 5) is 44.5. The Morgan fingerprint density at radius 3 is 2.32 bits per heavy atom. The molecule has 0 aliphatic carbocycles. The lowest BCUT2D eigenvalue weighted by molar-refractivity contribution is -0.149. The summed E-state index contributed by atoms with van der Waals surface area (Å²) in [5.74, 6) is -2.43. The van der Waals surface area contributed by atoms with Gasteiger partial charge >= 0.3 is 12.1 Å². The summed E-state index contributed by atoms with van der Waals surface area (Å²) in [6.07, 6.45) is -3.88. The Bertz CT molecular complexity index is 1330. The van der Waals surface area contributed by atoms with E-state index in [4.69, 9.17) is 16.3 Å². The van der Waals surface area contributed by atoms with E-state index < -0.39 is 35.6 Å². The number of hydrogen-bond donors (Lipinski definition) is 1. The number of cyclic esters (lactones) is 1. The molecular formula is C32H40ClF3N4O4. The van der Waals surface area contributed by atoms with Gasteiger partial charge < -0.3 is 24.8 Å². The average Bonchev–Trinajstić information content (AvgIpc) is 3.36. The van der Waals surface area contributed by atoms with Crippen LogP contribution in [-0.2, 0) is 25.3 Å². The number of halogens is 4. The molecule has 44 heavy (non-hydrogen) atoms. The number of piperazine rings is 1. The molecule has 0 bridgehead atoms. The summed E-state index contributed by atoms with van der Waals surface area (Å²) >= 11 is 6.01. The second-order valence-corrected chi connectivity index (χ2v) is 12.6. The average molecular weight is 637 g/mol. The Labute approximate surface area is 261 Å². The van der Waals surface area contributed by atoms with Crippen LogP contribution in [0.25, 0.3) is 0 Å². The van der Waals surface area contributed by atoms with Gasteiger partial charge in [0.15, 0.2) is 0 Å². The maximum Gasteiger partial charge on any atom is 0.416 e. The van der Waals surface area contributed by atoms with Crippen molar-refractivity contribution in [3.8, 4) is 0 Å². The molecule has 2 aromatic rings. The minimum absolute atomic E-state index is 0.100. The number of amides is 2. The van der Waals surface area contributed by atoms with Gasteiger partial charge in [-0.25, -0.2) is 0 Å². The first-order chi connectivity index (χ1) is 20.7. The molecule has 2 heterocycles. The first-order valence-electron chi connectivity index (χ1n) is 14.9. The van der Waals surface area contributed by atoms with Crippen LogP contribution in [-0.4, -0.2) is 81.0 Å². The third kappa shape index (κ3) is 8.24. The van der Waals surface area contributed by atoms with Crippen molar-refractivity contribution in [2.24, 2.45) is 11.8 Å². The number of benzene rings is 2. The molecule has 8 nitrogen and oxygen atoms in total. The Balaban J connectivity index is 1.55. The van der Waals surface area contributed by atoms with Gasteiger partial charge in [0.05, 0.1) is 18.2 Å². The zero-order chi connectivity index (χ0) is 32.2. The van der Waals surface area contributed by atoms with Crippen LogP contribution in [0.4, 0.5) is 18.9 Å². The maximum absolute atomic E-state index is 13.8. The quantitative estimate of drug-likeness (QED) is 0.288. The molecule has 0 saturated carbocycles. The normalized spacial score (nSPS) is 19.8. The van der Waals surface area contributed by atoms with Crippen molar-refractivity contribution in [2.75, 3.05) is 58.3 Å². The second-order valence-electron chi connectivity index (χ2n) is 12.2. The van der Waals surface area contributed by atoms with Gasteiger partial charge in [-0.15, -0.1) is 0 Å². The van der Waals surface area contributed by atoms with Crippen LogP contribution in [0, 0.1) is 11.8 Å². The fourth-order valence-corrected chi connectivity index (χ4v) is 5.91. The SMILES string of the molecule is CC(C)CC(NC(=O)CCN(C)C)c1cc(C(F)(F)F)ccc1N1CCN(C(=O)C2C(=O)OCC2c2ccc(Cl)cc2)CC1. The van der Waals surface area contributed by atoms with Crippen molar-refractivity contribution in [3.05, 3.63) is 64.2 Å². The van der Waals surface area contributed by atoms with Crippen molar-refractivity contribution < 1.29 is 32.3 Å². The van der Waals surface area contributed by atoms with Crippen molar-refractivity contribution in [3.63, 3.8) is 0 Å². The number of anilines is 1. The number of ether oxygens (including phenoxy) is 1. The molecule has 2 saturated heterocycles. The lowest BCUT2D eigenvalue weighted by Crippen LogP contribution is -2.52. The standard InChI is InChI=1S/C32H40ClF3N4O4/c1-20(2)17-26(37-28(41)11-12-38(3)4)24-18-22(32(34,35)36)7-10-27(24)39-13-15-40(16-14-39)30(42)29-25(19-44-31(29)43)21-5-8-23(33)9-6-21/h5-10,18,20,25-26,29H,11-17,19H2,1-4H3,(H,37,41). The number of carbonyl (C=O) groups is 3. The zero-order valence-electron chi connectivity index (χ0n) is 25.5. The van der Waals surface area contributed by atoms with Crippen LogP contribution >= 0.6 is 11.6 Å². The van der Waals surface area contributed by atoms with E-state index in [1.807, 2.05) is 37.7 Å². The van der Waals surface area contributed by atoms with Gasteiger partial charge in [0.1, 0.15) is 5.92 Å². The van der Waals surface area contributed by atoms with Crippen LogP contribution < -0.4 is 10.2 Å². The van der Waals surface area contributed by atoms with E-state index in [1.54, 1.807) is 29.2 Å². The summed E-state index contributed by atoms with van der Waals surface area (Å²) in [5.41, 5.74) is 0.987. The highest BCUT2D eigenvalue weighted by Crippen LogP contribution is 2.38. The van der Waals surface area contributed by atoms with Gasteiger partial charge in [-0.05, 0) is 67.9 Å². The molecule has 0 aromatic heterocycles. The van der Waals surface area contributed by atoms with Crippen LogP contribution in [0.1, 0.15) is 55.3 Å². The van der Waals surface area contributed by atoms with Gasteiger partial charge in [-0.3, -0.25) is 14.4 Å². The fourth-order valence-electron chi connectivity index (χ4n) is 5.78. The van der Waals surface area contributed by atoms with E-state index in [1.165, 1.54) is 6.07 Å². The highest BCUT2D eigenvalue weighted by Gasteiger charge is 2.45. The summed E-state index contributed by atoms with van der Waals surface area (Å²) in [6.45, 7) is 5.79. The summed E-state index contributed by atoms with van der Waals surface area (Å²) in [5, 5.41) is 3.53. The van der Waals surface area contributed by atoms with Gasteiger partial charge in [0, 0.05) is 55.8 Å². The molecule has 2 amide bonds. The number of esters is 1. The minimum atomic E-state index is -4.55. The lowest BCUT2D eigenvalue weighted by atomic mass is 9.87. The van der Waals surface area contributed by atoms with E-state index in [2.05, 4.69) is 5.32 Å². The van der Waals surface area contributed by atoms with E-state index >= 15 is 0 Å². The van der Waals surface area contributed by atoms with Gasteiger partial charge in [0.2, 0.25) is 11.8 Å². The number of carbonyl (C=O) groups excluding carboxylic acids is 3. The van der Waals surface area contributed by atoms with Crippen molar-refractivity contribution in [2.45, 2.75) is 44.8 Å². The molecule has 3 unspecified atom stereocenters. The minimum Gasteiger partial charge on any atom is -0.464 e. The van der Waals surface area contributed by atoms with Crippen LogP contribution in [0.3, 0.4) is 0 Å². The van der Waals surface area contributed by atoms with E-state index in [0.29, 0.717) is 42.3 Å². The van der Waals surface area contributed by atoms with Crippen molar-refractivity contribution in [1.82, 2.24) is 15.1 Å². The number of nitrogens with zero attached hydrogens (tertiary/aromatic N) is 3. The van der Waals surface area contributed by atoms with Crippen molar-refractivity contribution >= 4 is 35.1 Å². The van der Waals surface area contributed by atoms with Crippen LogP contribution in [0.2, 0.25) is 5.02 Å². The first-order valence-corrected chi connectivity index (χ1v) is 15.2. The monoisotopic (exact) mass is 636 g/mol. The molecule has 2 aliphatic rings. The highest BCUT2D eigenvalue weighted by atomic mass is 35.5. The molecule has 2 aliphatic heterocycles. The Hall–Kier alpha value is -3.31. The van der Waals surface area contributed by atoms with Gasteiger partial charge in [-0.2, -0.15) is 13.2 Å². The maximum atomic E-state index is 13.8. The highest BCUT2D eigenvalue weighted by molar-refractivity contribution is 6.30. The number of nitrogens with one attached hydrogen (secondary N) is 1. The van der Waals surface area contributed by atoms with Crippen LogP contribution in [0.5, 0.6) is 0 Å². The number of hydrogen-bond acceptors (Lipinski definition) is 6. The lowest BCUT2D eigenvalue weighted by Gasteiger charge is -2.39. The molecule has 2 aromatic carbocycles. The fraction of sp³-hybridized carbons (Fsp3) is 0.531. The Kier molecular flexibility index (Phi) is 10.8. The smallest absolute Gasteiger partial charge is 0.416 e. The summed E-state index contributed by atoms with van der Waals surface area (Å²) in [6, 6.07) is 10.0. The molecule has 240 valence electrons. The molecule has 0 spiro atoms. The first kappa shape index (κ1) is 33.6. The third-order valence-electron chi connectivity index (χ3n) is 8.12. The largest absolute Gasteiger partial charge is 0.464 e. The number of rotatable bonds is 10. The van der Waals surface area contributed by atoms with Crippen LogP contribution in [0.15, 0.2) is 42.5 Å². The molecular weight excluding hydrogens is 597 g/mol. The zero-order valence-corrected chi connectivity index (χ0v) is 26.3. The van der Waals surface area contributed by atoms with E-state index in [0.717, 1.165) is 17.7 Å². The molecule has 12 heteroatoms. The number of alkyl halides is 3.